The standard InChI is InChI=1S/C15H15FN2O2/c16-11-6-4-5-10(9-11)14-17-15(20-18-14)12-7-2-1-3-8-13(12)19/h4-6,9,12H,1-3,7-8H2. The molecule has 0 N–H and O–H groups in total. The van der Waals surface area contributed by atoms with Gasteiger partial charge in [0.25, 0.3) is 0 Å². The highest BCUT2D eigenvalue weighted by Gasteiger charge is 2.27. The lowest BCUT2D eigenvalue weighted by atomic mass is 9.99. The predicted octanol–water partition coefficient (Wildman–Crippen LogP) is 3.49. The second-order valence-corrected chi connectivity index (χ2v) is 5.08. The van der Waals surface area contributed by atoms with Gasteiger partial charge in [-0.1, -0.05) is 30.1 Å². The lowest BCUT2D eigenvalue weighted by Gasteiger charge is -2.06. The van der Waals surface area contributed by atoms with Gasteiger partial charge in [-0.15, -0.1) is 0 Å². The van der Waals surface area contributed by atoms with Crippen molar-refractivity contribution in [3.8, 4) is 11.4 Å². The Hall–Kier alpha value is -2.04. The van der Waals surface area contributed by atoms with E-state index >= 15 is 0 Å². The molecule has 3 rings (SSSR count). The molecule has 1 fully saturated rings. The Balaban J connectivity index is 1.87. The lowest BCUT2D eigenvalue weighted by Crippen LogP contribution is -2.10. The van der Waals surface area contributed by atoms with Crippen LogP contribution in [0.15, 0.2) is 28.8 Å². The number of rotatable bonds is 2. The monoisotopic (exact) mass is 274 g/mol. The van der Waals surface area contributed by atoms with Crippen molar-refractivity contribution < 1.29 is 13.7 Å². The van der Waals surface area contributed by atoms with Gasteiger partial charge in [-0.05, 0) is 25.0 Å². The van der Waals surface area contributed by atoms with Crippen LogP contribution in [0.3, 0.4) is 0 Å². The smallest absolute Gasteiger partial charge is 0.237 e. The van der Waals surface area contributed by atoms with Gasteiger partial charge in [0.1, 0.15) is 11.6 Å². The molecule has 0 bridgehead atoms. The molecule has 4 nitrogen and oxygen atoms in total. The summed E-state index contributed by atoms with van der Waals surface area (Å²) in [6.07, 6.45) is 4.31. The van der Waals surface area contributed by atoms with Gasteiger partial charge < -0.3 is 4.52 Å². The number of ketones is 1. The molecule has 104 valence electrons. The summed E-state index contributed by atoms with van der Waals surface area (Å²) in [5.74, 6) is 0.205. The third-order valence-electron chi connectivity index (χ3n) is 3.63. The van der Waals surface area contributed by atoms with Crippen LogP contribution in [0.5, 0.6) is 0 Å². The first-order valence-electron chi connectivity index (χ1n) is 6.86. The molecule has 1 aliphatic carbocycles. The number of aromatic nitrogens is 2. The van der Waals surface area contributed by atoms with E-state index in [0.29, 0.717) is 23.7 Å². The number of nitrogens with zero attached hydrogens (tertiary/aromatic N) is 2. The predicted molar refractivity (Wildman–Crippen MR) is 70.5 cm³/mol. The quantitative estimate of drug-likeness (QED) is 0.786. The highest BCUT2D eigenvalue weighted by molar-refractivity contribution is 5.85. The fraction of sp³-hybridized carbons (Fsp3) is 0.400. The Labute approximate surface area is 116 Å². The molecule has 0 spiro atoms. The van der Waals surface area contributed by atoms with Crippen LogP contribution < -0.4 is 0 Å². The Kier molecular flexibility index (Phi) is 3.58. The molecule has 1 aliphatic rings. The van der Waals surface area contributed by atoms with Crippen LogP contribution in [0, 0.1) is 5.82 Å². The normalized spacial score (nSPS) is 19.9. The first kappa shape index (κ1) is 13.0. The van der Waals surface area contributed by atoms with Gasteiger partial charge in [-0.3, -0.25) is 4.79 Å². The van der Waals surface area contributed by atoms with Gasteiger partial charge >= 0.3 is 0 Å². The number of carbonyl (C=O) groups is 1. The zero-order valence-electron chi connectivity index (χ0n) is 11.0. The van der Waals surface area contributed by atoms with Crippen LogP contribution >= 0.6 is 0 Å². The van der Waals surface area contributed by atoms with Crippen molar-refractivity contribution in [3.05, 3.63) is 36.0 Å². The molecular weight excluding hydrogens is 259 g/mol. The van der Waals surface area contributed by atoms with Gasteiger partial charge in [0, 0.05) is 12.0 Å². The molecule has 1 aromatic carbocycles. The molecular formula is C15H15FN2O2. The third-order valence-corrected chi connectivity index (χ3v) is 3.63. The summed E-state index contributed by atoms with van der Waals surface area (Å²) >= 11 is 0. The Morgan fingerprint density at radius 1 is 1.25 bits per heavy atom. The fourth-order valence-corrected chi connectivity index (χ4v) is 2.54. The van der Waals surface area contributed by atoms with Gasteiger partial charge in [0.2, 0.25) is 11.7 Å². The van der Waals surface area contributed by atoms with Gasteiger partial charge in [0.15, 0.2) is 0 Å². The number of hydrogen-bond acceptors (Lipinski definition) is 4. The van der Waals surface area contributed by atoms with Crippen LogP contribution in [0.4, 0.5) is 4.39 Å². The van der Waals surface area contributed by atoms with E-state index in [9.17, 15) is 9.18 Å². The van der Waals surface area contributed by atoms with E-state index in [4.69, 9.17) is 4.52 Å². The SMILES string of the molecule is O=C1CCCCCC1c1nc(-c2cccc(F)c2)no1. The molecule has 0 saturated heterocycles. The number of halogens is 1. The molecule has 2 aromatic rings. The van der Waals surface area contributed by atoms with Crippen molar-refractivity contribution in [2.24, 2.45) is 0 Å². The Bertz CT molecular complexity index is 624. The molecule has 0 aliphatic heterocycles. The second-order valence-electron chi connectivity index (χ2n) is 5.08. The van der Waals surface area contributed by atoms with Gasteiger partial charge in [-0.2, -0.15) is 4.98 Å². The summed E-state index contributed by atoms with van der Waals surface area (Å²) in [7, 11) is 0. The summed E-state index contributed by atoms with van der Waals surface area (Å²) in [6, 6.07) is 6.02. The van der Waals surface area contributed by atoms with Crippen LogP contribution in [0.25, 0.3) is 11.4 Å². The zero-order valence-corrected chi connectivity index (χ0v) is 11.0. The number of benzene rings is 1. The number of Topliss-reactive ketones (excluding diaryl/α,β-unsaturated/α-hetero) is 1. The maximum Gasteiger partial charge on any atom is 0.237 e. The molecule has 1 unspecified atom stereocenters. The number of hydrogen-bond donors (Lipinski definition) is 0. The Morgan fingerprint density at radius 2 is 2.15 bits per heavy atom. The minimum absolute atomic E-state index is 0.164. The average Bonchev–Trinajstić information content (AvgIpc) is 2.82. The molecule has 1 aromatic heterocycles. The summed E-state index contributed by atoms with van der Waals surface area (Å²) in [4.78, 5) is 16.3. The van der Waals surface area contributed by atoms with Crippen molar-refractivity contribution in [1.29, 1.82) is 0 Å². The molecule has 1 atom stereocenters. The summed E-state index contributed by atoms with van der Waals surface area (Å²) in [6.45, 7) is 0. The minimum atomic E-state index is -0.348. The minimum Gasteiger partial charge on any atom is -0.338 e. The number of carbonyl (C=O) groups excluding carboxylic acids is 1. The van der Waals surface area contributed by atoms with Crippen molar-refractivity contribution in [1.82, 2.24) is 10.1 Å². The van der Waals surface area contributed by atoms with E-state index in [0.717, 1.165) is 25.7 Å². The molecule has 1 heterocycles. The topological polar surface area (TPSA) is 56.0 Å². The first-order valence-corrected chi connectivity index (χ1v) is 6.86. The molecule has 1 saturated carbocycles. The van der Waals surface area contributed by atoms with E-state index in [2.05, 4.69) is 10.1 Å². The maximum absolute atomic E-state index is 13.2. The van der Waals surface area contributed by atoms with Crippen molar-refractivity contribution in [3.63, 3.8) is 0 Å². The highest BCUT2D eigenvalue weighted by atomic mass is 19.1. The second kappa shape index (κ2) is 5.53. The van der Waals surface area contributed by atoms with Crippen LogP contribution in [-0.4, -0.2) is 15.9 Å². The zero-order chi connectivity index (χ0) is 13.9. The molecule has 0 radical (unpaired) electrons. The van der Waals surface area contributed by atoms with E-state index < -0.39 is 0 Å². The summed E-state index contributed by atoms with van der Waals surface area (Å²) < 4.78 is 18.4. The molecule has 0 amide bonds. The highest BCUT2D eigenvalue weighted by Crippen LogP contribution is 2.29. The van der Waals surface area contributed by atoms with E-state index in [1.165, 1.54) is 12.1 Å². The Morgan fingerprint density at radius 3 is 3.00 bits per heavy atom. The molecule has 20 heavy (non-hydrogen) atoms. The van der Waals surface area contributed by atoms with Crippen LogP contribution in [-0.2, 0) is 4.79 Å². The first-order chi connectivity index (χ1) is 9.74. The third kappa shape index (κ3) is 2.61. The van der Waals surface area contributed by atoms with Crippen molar-refractivity contribution >= 4 is 5.78 Å². The van der Waals surface area contributed by atoms with Crippen LogP contribution in [0.2, 0.25) is 0 Å². The largest absolute Gasteiger partial charge is 0.338 e. The van der Waals surface area contributed by atoms with E-state index in [1.54, 1.807) is 12.1 Å². The van der Waals surface area contributed by atoms with E-state index in [-0.39, 0.29) is 17.5 Å². The van der Waals surface area contributed by atoms with Crippen LogP contribution in [0.1, 0.15) is 43.9 Å². The summed E-state index contributed by atoms with van der Waals surface area (Å²) in [5, 5.41) is 3.86. The van der Waals surface area contributed by atoms with Crippen molar-refractivity contribution in [2.45, 2.75) is 38.0 Å². The maximum atomic E-state index is 13.2. The fourth-order valence-electron chi connectivity index (χ4n) is 2.54. The molecule has 5 heteroatoms. The van der Waals surface area contributed by atoms with Gasteiger partial charge in [0.05, 0.1) is 5.92 Å². The lowest BCUT2D eigenvalue weighted by molar-refractivity contribution is -0.120. The van der Waals surface area contributed by atoms with E-state index in [1.807, 2.05) is 0 Å². The summed E-state index contributed by atoms with van der Waals surface area (Å²) in [5.41, 5.74) is 0.557. The average molecular weight is 274 g/mol. The van der Waals surface area contributed by atoms with Gasteiger partial charge in [-0.25, -0.2) is 4.39 Å². The van der Waals surface area contributed by atoms with Crippen molar-refractivity contribution in [2.75, 3.05) is 0 Å².